The minimum Gasteiger partial charge on any atom is -0.368 e. The van der Waals surface area contributed by atoms with Gasteiger partial charge >= 0.3 is 0 Å². The third kappa shape index (κ3) is 3.73. The number of nitrogens with two attached hydrogens (primary N) is 1. The molecule has 5 heteroatoms. The van der Waals surface area contributed by atoms with Gasteiger partial charge in [-0.05, 0) is 45.2 Å². The summed E-state index contributed by atoms with van der Waals surface area (Å²) in [7, 11) is 0. The van der Waals surface area contributed by atoms with E-state index in [4.69, 9.17) is 5.73 Å². The third-order valence-electron chi connectivity index (χ3n) is 3.75. The van der Waals surface area contributed by atoms with Crippen molar-refractivity contribution in [3.8, 4) is 0 Å². The SMILES string of the molecule is CC(C)(C)NCc1cccc(F)c1N1CCCC1C(N)=O. The van der Waals surface area contributed by atoms with Crippen molar-refractivity contribution in [3.63, 3.8) is 0 Å². The summed E-state index contributed by atoms with van der Waals surface area (Å²) in [5, 5.41) is 3.36. The molecule has 1 fully saturated rings. The zero-order valence-corrected chi connectivity index (χ0v) is 12.9. The summed E-state index contributed by atoms with van der Waals surface area (Å²) >= 11 is 0. The first-order chi connectivity index (χ1) is 9.79. The minimum atomic E-state index is -0.407. The van der Waals surface area contributed by atoms with Crippen LogP contribution < -0.4 is 16.0 Å². The van der Waals surface area contributed by atoms with Crippen LogP contribution in [0.25, 0.3) is 0 Å². The van der Waals surface area contributed by atoms with Crippen molar-refractivity contribution >= 4 is 11.6 Å². The first-order valence-corrected chi connectivity index (χ1v) is 7.38. The van der Waals surface area contributed by atoms with Crippen molar-refractivity contribution in [1.82, 2.24) is 5.32 Å². The molecule has 0 aromatic heterocycles. The van der Waals surface area contributed by atoms with Gasteiger partial charge in [0.15, 0.2) is 0 Å². The normalized spacial score (nSPS) is 19.0. The zero-order chi connectivity index (χ0) is 15.6. The lowest BCUT2D eigenvalue weighted by atomic mass is 10.1. The second kappa shape index (κ2) is 6.02. The summed E-state index contributed by atoms with van der Waals surface area (Å²) in [5.74, 6) is -0.679. The van der Waals surface area contributed by atoms with Crippen LogP contribution in [0.1, 0.15) is 39.2 Å². The van der Waals surface area contributed by atoms with Crippen LogP contribution >= 0.6 is 0 Å². The number of hydrogen-bond acceptors (Lipinski definition) is 3. The highest BCUT2D eigenvalue weighted by molar-refractivity contribution is 5.84. The highest BCUT2D eigenvalue weighted by Gasteiger charge is 2.32. The molecular weight excluding hydrogens is 269 g/mol. The molecule has 1 atom stereocenters. The summed E-state index contributed by atoms with van der Waals surface area (Å²) in [6.45, 7) is 7.41. The Morgan fingerprint density at radius 2 is 2.19 bits per heavy atom. The first-order valence-electron chi connectivity index (χ1n) is 7.38. The molecule has 0 aliphatic carbocycles. The van der Waals surface area contributed by atoms with Crippen LogP contribution in [-0.2, 0) is 11.3 Å². The Hall–Kier alpha value is -1.62. The molecular formula is C16H24FN3O. The molecule has 3 N–H and O–H groups in total. The monoisotopic (exact) mass is 293 g/mol. The summed E-state index contributed by atoms with van der Waals surface area (Å²) in [4.78, 5) is 13.4. The van der Waals surface area contributed by atoms with E-state index in [1.807, 2.05) is 11.0 Å². The van der Waals surface area contributed by atoms with Crippen LogP contribution in [0.3, 0.4) is 0 Å². The Bertz CT molecular complexity index is 525. The summed E-state index contributed by atoms with van der Waals surface area (Å²) in [6.07, 6.45) is 1.55. The quantitative estimate of drug-likeness (QED) is 0.894. The lowest BCUT2D eigenvalue weighted by Gasteiger charge is -2.29. The molecule has 4 nitrogen and oxygen atoms in total. The van der Waals surface area contributed by atoms with Gasteiger partial charge in [-0.25, -0.2) is 4.39 Å². The van der Waals surface area contributed by atoms with E-state index in [0.29, 0.717) is 25.2 Å². The predicted molar refractivity (Wildman–Crippen MR) is 82.6 cm³/mol. The van der Waals surface area contributed by atoms with Gasteiger partial charge in [-0.1, -0.05) is 12.1 Å². The van der Waals surface area contributed by atoms with Gasteiger partial charge in [0.05, 0.1) is 5.69 Å². The van der Waals surface area contributed by atoms with Crippen LogP contribution in [0.5, 0.6) is 0 Å². The van der Waals surface area contributed by atoms with Crippen molar-refractivity contribution < 1.29 is 9.18 Å². The van der Waals surface area contributed by atoms with Crippen LogP contribution in [0.4, 0.5) is 10.1 Å². The molecule has 0 spiro atoms. The molecule has 1 aromatic carbocycles. The lowest BCUT2D eigenvalue weighted by Crippen LogP contribution is -2.42. The number of nitrogens with zero attached hydrogens (tertiary/aromatic N) is 1. The highest BCUT2D eigenvalue weighted by atomic mass is 19.1. The molecule has 21 heavy (non-hydrogen) atoms. The van der Waals surface area contributed by atoms with E-state index in [9.17, 15) is 9.18 Å². The van der Waals surface area contributed by atoms with E-state index in [1.54, 1.807) is 6.07 Å². The molecule has 1 amide bonds. The van der Waals surface area contributed by atoms with Gasteiger partial charge in [0.25, 0.3) is 0 Å². The molecule has 1 aliphatic rings. The first kappa shape index (κ1) is 15.8. The number of primary amides is 1. The number of hydrogen-bond donors (Lipinski definition) is 2. The maximum Gasteiger partial charge on any atom is 0.240 e. The fraction of sp³-hybridized carbons (Fsp3) is 0.562. The maximum absolute atomic E-state index is 14.3. The van der Waals surface area contributed by atoms with Crippen LogP contribution in [-0.4, -0.2) is 24.0 Å². The standard InChI is InChI=1S/C16H24FN3O/c1-16(2,3)19-10-11-6-4-7-12(17)14(11)20-9-5-8-13(20)15(18)21/h4,6-7,13,19H,5,8-10H2,1-3H3,(H2,18,21). The largest absolute Gasteiger partial charge is 0.368 e. The summed E-state index contributed by atoms with van der Waals surface area (Å²) < 4.78 is 14.3. The fourth-order valence-electron chi connectivity index (χ4n) is 2.71. The minimum absolute atomic E-state index is 0.0579. The molecule has 0 saturated carbocycles. The maximum atomic E-state index is 14.3. The number of carbonyl (C=O) groups is 1. The number of benzene rings is 1. The van der Waals surface area contributed by atoms with Gasteiger partial charge in [-0.2, -0.15) is 0 Å². The van der Waals surface area contributed by atoms with Crippen molar-refractivity contribution in [2.75, 3.05) is 11.4 Å². The number of amides is 1. The van der Waals surface area contributed by atoms with Crippen LogP contribution in [0.15, 0.2) is 18.2 Å². The molecule has 1 aliphatic heterocycles. The summed E-state index contributed by atoms with van der Waals surface area (Å²) in [6, 6.07) is 4.63. The molecule has 0 bridgehead atoms. The van der Waals surface area contributed by atoms with E-state index in [0.717, 1.165) is 12.0 Å². The Kier molecular flexibility index (Phi) is 4.52. The van der Waals surface area contributed by atoms with Gasteiger partial charge in [0, 0.05) is 18.6 Å². The van der Waals surface area contributed by atoms with Crippen LogP contribution in [0, 0.1) is 5.82 Å². The van der Waals surface area contributed by atoms with Crippen LogP contribution in [0.2, 0.25) is 0 Å². The number of rotatable bonds is 4. The highest BCUT2D eigenvalue weighted by Crippen LogP contribution is 2.31. The topological polar surface area (TPSA) is 58.4 Å². The third-order valence-corrected chi connectivity index (χ3v) is 3.75. The number of carbonyl (C=O) groups excluding carboxylic acids is 1. The van der Waals surface area contributed by atoms with E-state index in [2.05, 4.69) is 26.1 Å². The van der Waals surface area contributed by atoms with Gasteiger partial charge < -0.3 is 16.0 Å². The van der Waals surface area contributed by atoms with Gasteiger partial charge in [0.1, 0.15) is 11.9 Å². The molecule has 116 valence electrons. The Labute approximate surface area is 125 Å². The molecule has 2 rings (SSSR count). The van der Waals surface area contributed by atoms with Gasteiger partial charge in [-0.3, -0.25) is 4.79 Å². The number of anilines is 1. The Balaban J connectivity index is 2.31. The smallest absolute Gasteiger partial charge is 0.240 e. The molecule has 0 radical (unpaired) electrons. The average Bonchev–Trinajstić information content (AvgIpc) is 2.84. The second-order valence-corrected chi connectivity index (χ2v) is 6.60. The van der Waals surface area contributed by atoms with Gasteiger partial charge in [-0.15, -0.1) is 0 Å². The molecule has 1 saturated heterocycles. The molecule has 1 heterocycles. The average molecular weight is 293 g/mol. The fourth-order valence-corrected chi connectivity index (χ4v) is 2.71. The van der Waals surface area contributed by atoms with Gasteiger partial charge in [0.2, 0.25) is 5.91 Å². The van der Waals surface area contributed by atoms with E-state index in [1.165, 1.54) is 6.07 Å². The Morgan fingerprint density at radius 1 is 1.48 bits per heavy atom. The summed E-state index contributed by atoms with van der Waals surface area (Å²) in [5.41, 5.74) is 6.76. The van der Waals surface area contributed by atoms with E-state index < -0.39 is 6.04 Å². The molecule has 1 unspecified atom stereocenters. The van der Waals surface area contributed by atoms with E-state index >= 15 is 0 Å². The predicted octanol–water partition coefficient (Wildman–Crippen LogP) is 2.17. The van der Waals surface area contributed by atoms with Crippen molar-refractivity contribution in [1.29, 1.82) is 0 Å². The zero-order valence-electron chi connectivity index (χ0n) is 12.9. The number of halogens is 1. The molecule has 1 aromatic rings. The number of nitrogens with one attached hydrogen (secondary N) is 1. The lowest BCUT2D eigenvalue weighted by molar-refractivity contribution is -0.119. The van der Waals surface area contributed by atoms with Crippen molar-refractivity contribution in [2.45, 2.75) is 51.7 Å². The number of para-hydroxylation sites is 1. The Morgan fingerprint density at radius 3 is 2.81 bits per heavy atom. The van der Waals surface area contributed by atoms with Crippen molar-refractivity contribution in [2.24, 2.45) is 5.73 Å². The van der Waals surface area contributed by atoms with Crippen molar-refractivity contribution in [3.05, 3.63) is 29.6 Å². The van der Waals surface area contributed by atoms with E-state index in [-0.39, 0.29) is 17.3 Å². The second-order valence-electron chi connectivity index (χ2n) is 6.60.